The molecule has 0 fully saturated rings. The molecule has 0 amide bonds. The van der Waals surface area contributed by atoms with Gasteiger partial charge in [0.2, 0.25) is 0 Å². The lowest BCUT2D eigenvalue weighted by Crippen LogP contribution is -2.12. The van der Waals surface area contributed by atoms with Crippen LogP contribution in [0.1, 0.15) is 61.6 Å². The Bertz CT molecular complexity index is 1320. The van der Waals surface area contributed by atoms with Crippen molar-refractivity contribution in [2.24, 2.45) is 0 Å². The van der Waals surface area contributed by atoms with Gasteiger partial charge in [0.05, 0.1) is 30.7 Å². The van der Waals surface area contributed by atoms with Gasteiger partial charge in [0.1, 0.15) is 6.10 Å². The molecule has 0 saturated carbocycles. The number of esters is 1. The van der Waals surface area contributed by atoms with Crippen LogP contribution >= 0.6 is 0 Å². The van der Waals surface area contributed by atoms with Gasteiger partial charge < -0.3 is 14.2 Å². The minimum atomic E-state index is -4.40. The number of allylic oxidation sites excluding steroid dienone is 1. The standard InChI is InChI=1S/C32H34F3NO4/c1-5-8-13-28(27-12-9-11-26(36-27)23-15-17-25(18-16-23)32(33,34)35)40-31-24(10-6-2)20-22(21-29(31)38-4)14-19-30(37)39-7-3/h6,9,11-12,14-21,28H,2,5,7-8,10,13H2,1,3-4H3/b19-14+. The molecule has 0 radical (unpaired) electrons. The van der Waals surface area contributed by atoms with Gasteiger partial charge in [0, 0.05) is 17.2 Å². The van der Waals surface area contributed by atoms with E-state index in [0.29, 0.717) is 41.3 Å². The predicted octanol–water partition coefficient (Wildman–Crippen LogP) is 8.39. The van der Waals surface area contributed by atoms with Gasteiger partial charge in [-0.2, -0.15) is 13.2 Å². The normalized spacial score (nSPS) is 12.2. The summed E-state index contributed by atoms with van der Waals surface area (Å²) in [6.45, 7) is 7.97. The summed E-state index contributed by atoms with van der Waals surface area (Å²) >= 11 is 0. The van der Waals surface area contributed by atoms with E-state index < -0.39 is 23.8 Å². The Morgan fingerprint density at radius 2 is 1.85 bits per heavy atom. The highest BCUT2D eigenvalue weighted by Gasteiger charge is 2.30. The summed E-state index contributed by atoms with van der Waals surface area (Å²) in [6.07, 6.45) is 2.89. The molecular weight excluding hydrogens is 519 g/mol. The summed E-state index contributed by atoms with van der Waals surface area (Å²) in [5.74, 6) is 0.590. The Kier molecular flexibility index (Phi) is 10.9. The number of unbranched alkanes of at least 4 members (excludes halogenated alkanes) is 1. The second-order valence-electron chi connectivity index (χ2n) is 9.06. The van der Waals surface area contributed by atoms with Crippen LogP contribution in [0.25, 0.3) is 17.3 Å². The fourth-order valence-electron chi connectivity index (χ4n) is 4.15. The number of hydrogen-bond acceptors (Lipinski definition) is 5. The fourth-order valence-corrected chi connectivity index (χ4v) is 4.15. The molecule has 1 heterocycles. The second kappa shape index (κ2) is 14.4. The number of pyridine rings is 1. The molecule has 5 nitrogen and oxygen atoms in total. The van der Waals surface area contributed by atoms with Crippen molar-refractivity contribution in [1.29, 1.82) is 0 Å². The number of aromatic nitrogens is 1. The Balaban J connectivity index is 1.98. The molecule has 0 spiro atoms. The summed E-state index contributed by atoms with van der Waals surface area (Å²) in [6, 6.07) is 14.1. The molecule has 2 aromatic carbocycles. The van der Waals surface area contributed by atoms with Gasteiger partial charge in [-0.3, -0.25) is 0 Å². The van der Waals surface area contributed by atoms with Gasteiger partial charge >= 0.3 is 12.1 Å². The number of carbonyl (C=O) groups is 1. The molecule has 3 aromatic rings. The number of halogens is 3. The first-order valence-corrected chi connectivity index (χ1v) is 13.2. The van der Waals surface area contributed by atoms with Crippen molar-refractivity contribution in [2.75, 3.05) is 13.7 Å². The van der Waals surface area contributed by atoms with Gasteiger partial charge in [-0.1, -0.05) is 37.6 Å². The summed E-state index contributed by atoms with van der Waals surface area (Å²) in [7, 11) is 1.54. The molecule has 0 aliphatic heterocycles. The van der Waals surface area contributed by atoms with Crippen molar-refractivity contribution in [3.05, 3.63) is 95.7 Å². The highest BCUT2D eigenvalue weighted by molar-refractivity contribution is 5.87. The molecule has 0 aliphatic carbocycles. The average molecular weight is 554 g/mol. The first kappa shape index (κ1) is 30.5. The molecule has 1 unspecified atom stereocenters. The van der Waals surface area contributed by atoms with E-state index in [1.54, 1.807) is 38.3 Å². The lowest BCUT2D eigenvalue weighted by atomic mass is 10.0. The van der Waals surface area contributed by atoms with Crippen LogP contribution in [0.5, 0.6) is 11.5 Å². The Hall–Kier alpha value is -4.07. The minimum absolute atomic E-state index is 0.286. The maximum atomic E-state index is 13.0. The van der Waals surface area contributed by atoms with Crippen LogP contribution in [-0.2, 0) is 22.1 Å². The third-order valence-electron chi connectivity index (χ3n) is 6.13. The Labute approximate surface area is 233 Å². The zero-order valence-electron chi connectivity index (χ0n) is 23.0. The number of alkyl halides is 3. The summed E-state index contributed by atoms with van der Waals surface area (Å²) in [4.78, 5) is 16.6. The molecule has 212 valence electrons. The van der Waals surface area contributed by atoms with Crippen LogP contribution < -0.4 is 9.47 Å². The first-order valence-electron chi connectivity index (χ1n) is 13.2. The Morgan fingerprint density at radius 1 is 1.10 bits per heavy atom. The van der Waals surface area contributed by atoms with Gasteiger partial charge in [-0.15, -0.1) is 6.58 Å². The molecule has 0 saturated heterocycles. The van der Waals surface area contributed by atoms with E-state index >= 15 is 0 Å². The number of rotatable bonds is 13. The quantitative estimate of drug-likeness (QED) is 0.121. The zero-order chi connectivity index (χ0) is 29.1. The number of ether oxygens (including phenoxy) is 3. The fraction of sp³-hybridized carbons (Fsp3) is 0.312. The molecular formula is C32H34F3NO4. The minimum Gasteiger partial charge on any atom is -0.493 e. The van der Waals surface area contributed by atoms with Crippen molar-refractivity contribution < 1.29 is 32.2 Å². The molecule has 1 atom stereocenters. The van der Waals surface area contributed by atoms with Crippen molar-refractivity contribution in [1.82, 2.24) is 4.98 Å². The summed E-state index contributed by atoms with van der Waals surface area (Å²) < 4.78 is 56.3. The number of nitrogens with zero attached hydrogens (tertiary/aromatic N) is 1. The third-order valence-corrected chi connectivity index (χ3v) is 6.13. The van der Waals surface area contributed by atoms with Crippen LogP contribution in [0, 0.1) is 0 Å². The number of hydrogen-bond donors (Lipinski definition) is 0. The number of methoxy groups -OCH3 is 1. The van der Waals surface area contributed by atoms with E-state index in [4.69, 9.17) is 19.2 Å². The zero-order valence-corrected chi connectivity index (χ0v) is 23.0. The second-order valence-corrected chi connectivity index (χ2v) is 9.06. The molecule has 1 aromatic heterocycles. The summed E-state index contributed by atoms with van der Waals surface area (Å²) in [5, 5.41) is 0. The predicted molar refractivity (Wildman–Crippen MR) is 150 cm³/mol. The van der Waals surface area contributed by atoms with Crippen LogP contribution in [0.2, 0.25) is 0 Å². The molecule has 40 heavy (non-hydrogen) atoms. The van der Waals surface area contributed by atoms with Crippen molar-refractivity contribution in [3.63, 3.8) is 0 Å². The number of carbonyl (C=O) groups excluding carboxylic acids is 1. The van der Waals surface area contributed by atoms with E-state index in [1.807, 2.05) is 18.2 Å². The van der Waals surface area contributed by atoms with Crippen molar-refractivity contribution in [2.45, 2.75) is 51.8 Å². The van der Waals surface area contributed by atoms with Crippen LogP contribution in [0.3, 0.4) is 0 Å². The Morgan fingerprint density at radius 3 is 2.48 bits per heavy atom. The number of benzene rings is 2. The lowest BCUT2D eigenvalue weighted by Gasteiger charge is -2.23. The van der Waals surface area contributed by atoms with Crippen LogP contribution in [-0.4, -0.2) is 24.7 Å². The van der Waals surface area contributed by atoms with Crippen molar-refractivity contribution >= 4 is 12.0 Å². The van der Waals surface area contributed by atoms with Gasteiger partial charge in [-0.25, -0.2) is 9.78 Å². The van der Waals surface area contributed by atoms with E-state index in [1.165, 1.54) is 18.2 Å². The molecule has 8 heteroatoms. The van der Waals surface area contributed by atoms with Crippen molar-refractivity contribution in [3.8, 4) is 22.8 Å². The summed E-state index contributed by atoms with van der Waals surface area (Å²) in [5.41, 5.74) is 2.63. The largest absolute Gasteiger partial charge is 0.493 e. The highest BCUT2D eigenvalue weighted by atomic mass is 19.4. The highest BCUT2D eigenvalue weighted by Crippen LogP contribution is 2.38. The van der Waals surface area contributed by atoms with E-state index in [0.717, 1.165) is 36.1 Å². The average Bonchev–Trinajstić information content (AvgIpc) is 2.94. The van der Waals surface area contributed by atoms with Gasteiger partial charge in [-0.05, 0) is 74.2 Å². The smallest absolute Gasteiger partial charge is 0.416 e. The van der Waals surface area contributed by atoms with Gasteiger partial charge in [0.15, 0.2) is 11.5 Å². The van der Waals surface area contributed by atoms with Crippen LogP contribution in [0.4, 0.5) is 13.2 Å². The van der Waals surface area contributed by atoms with Gasteiger partial charge in [0.25, 0.3) is 0 Å². The van der Waals surface area contributed by atoms with E-state index in [2.05, 4.69) is 13.5 Å². The maximum absolute atomic E-state index is 13.0. The maximum Gasteiger partial charge on any atom is 0.416 e. The molecule has 0 N–H and O–H groups in total. The van der Waals surface area contributed by atoms with E-state index in [9.17, 15) is 18.0 Å². The topological polar surface area (TPSA) is 57.7 Å². The molecule has 3 rings (SSSR count). The first-order chi connectivity index (χ1) is 19.2. The molecule has 0 aliphatic rings. The van der Waals surface area contributed by atoms with Crippen LogP contribution in [0.15, 0.2) is 73.3 Å². The SMILES string of the molecule is C=CCc1cc(/C=C/C(=O)OCC)cc(OC)c1OC(CCCC)c1cccc(-c2ccc(C(F)(F)F)cc2)n1. The monoisotopic (exact) mass is 553 g/mol. The molecule has 0 bridgehead atoms. The third kappa shape index (κ3) is 8.21. The van der Waals surface area contributed by atoms with E-state index in [-0.39, 0.29) is 6.61 Å². The lowest BCUT2D eigenvalue weighted by molar-refractivity contribution is -0.138.